The molecule has 0 saturated heterocycles. The van der Waals surface area contributed by atoms with Gasteiger partial charge in [-0.05, 0) is 31.0 Å². The first-order valence-electron chi connectivity index (χ1n) is 6.01. The summed E-state index contributed by atoms with van der Waals surface area (Å²) in [4.78, 5) is 0.190. The lowest BCUT2D eigenvalue weighted by atomic mass is 9.96. The van der Waals surface area contributed by atoms with E-state index in [4.69, 9.17) is 15.2 Å². The van der Waals surface area contributed by atoms with Gasteiger partial charge in [0.25, 0.3) is 0 Å². The molecule has 1 rings (SSSR count). The molecule has 0 aliphatic carbocycles. The molecule has 5 nitrogen and oxygen atoms in total. The van der Waals surface area contributed by atoms with Crippen LogP contribution in [0.15, 0.2) is 17.0 Å². The Kier molecular flexibility index (Phi) is 5.20. The van der Waals surface area contributed by atoms with Crippen LogP contribution < -0.4 is 15.2 Å². The minimum atomic E-state index is -3.42. The molecule has 1 aromatic rings. The van der Waals surface area contributed by atoms with Crippen molar-refractivity contribution in [2.45, 2.75) is 24.2 Å². The SMILES string of the molecule is COc1ccc(OC)c(S(C)(=O)=O)c1C(C)CCN. The van der Waals surface area contributed by atoms with E-state index in [1.807, 2.05) is 6.92 Å². The molecule has 6 heteroatoms. The Morgan fingerprint density at radius 1 is 1.21 bits per heavy atom. The van der Waals surface area contributed by atoms with Crippen LogP contribution in [0.3, 0.4) is 0 Å². The number of rotatable bonds is 6. The normalized spacial score (nSPS) is 13.1. The van der Waals surface area contributed by atoms with Gasteiger partial charge in [-0.25, -0.2) is 8.42 Å². The number of hydrogen-bond donors (Lipinski definition) is 1. The van der Waals surface area contributed by atoms with Crippen LogP contribution in [0.4, 0.5) is 0 Å². The molecule has 0 aliphatic heterocycles. The highest BCUT2D eigenvalue weighted by molar-refractivity contribution is 7.90. The third kappa shape index (κ3) is 3.39. The minimum Gasteiger partial charge on any atom is -0.496 e. The van der Waals surface area contributed by atoms with Crippen molar-refractivity contribution >= 4 is 9.84 Å². The Labute approximate surface area is 114 Å². The number of hydrogen-bond acceptors (Lipinski definition) is 5. The van der Waals surface area contributed by atoms with Crippen LogP contribution in [-0.2, 0) is 9.84 Å². The molecule has 0 fully saturated rings. The Morgan fingerprint density at radius 2 is 1.74 bits per heavy atom. The van der Waals surface area contributed by atoms with Gasteiger partial charge < -0.3 is 15.2 Å². The second-order valence-corrected chi connectivity index (χ2v) is 6.42. The minimum absolute atomic E-state index is 0.0280. The Morgan fingerprint density at radius 3 is 2.16 bits per heavy atom. The van der Waals surface area contributed by atoms with Crippen LogP contribution in [0, 0.1) is 0 Å². The van der Waals surface area contributed by atoms with Gasteiger partial charge in [0.1, 0.15) is 16.4 Å². The van der Waals surface area contributed by atoms with Crippen LogP contribution in [0.1, 0.15) is 24.8 Å². The van der Waals surface area contributed by atoms with E-state index in [1.165, 1.54) is 20.5 Å². The van der Waals surface area contributed by atoms with Gasteiger partial charge in [0.2, 0.25) is 0 Å². The smallest absolute Gasteiger partial charge is 0.179 e. The summed E-state index contributed by atoms with van der Waals surface area (Å²) in [5.41, 5.74) is 6.20. The maximum atomic E-state index is 12.0. The number of ether oxygens (including phenoxy) is 2. The zero-order valence-electron chi connectivity index (χ0n) is 11.8. The van der Waals surface area contributed by atoms with Crippen LogP contribution >= 0.6 is 0 Å². The predicted octanol–water partition coefficient (Wildman–Crippen LogP) is 1.56. The fraction of sp³-hybridized carbons (Fsp3) is 0.538. The lowest BCUT2D eigenvalue weighted by Crippen LogP contribution is -2.12. The largest absolute Gasteiger partial charge is 0.496 e. The maximum Gasteiger partial charge on any atom is 0.179 e. The van der Waals surface area contributed by atoms with E-state index in [0.717, 1.165) is 0 Å². The number of methoxy groups -OCH3 is 2. The van der Waals surface area contributed by atoms with Gasteiger partial charge in [-0.1, -0.05) is 6.92 Å². The summed E-state index contributed by atoms with van der Waals surface area (Å²) >= 11 is 0. The van der Waals surface area contributed by atoms with E-state index in [1.54, 1.807) is 12.1 Å². The highest BCUT2D eigenvalue weighted by atomic mass is 32.2. The third-order valence-electron chi connectivity index (χ3n) is 3.02. The van der Waals surface area contributed by atoms with Crippen LogP contribution in [0.5, 0.6) is 11.5 Å². The molecular formula is C13H21NO4S. The zero-order valence-corrected chi connectivity index (χ0v) is 12.6. The quantitative estimate of drug-likeness (QED) is 0.859. The molecule has 0 saturated carbocycles. The topological polar surface area (TPSA) is 78.6 Å². The lowest BCUT2D eigenvalue weighted by Gasteiger charge is -2.20. The first-order chi connectivity index (χ1) is 8.86. The zero-order chi connectivity index (χ0) is 14.6. The molecule has 1 atom stereocenters. The second-order valence-electron chi connectivity index (χ2n) is 4.46. The van der Waals surface area contributed by atoms with Crippen molar-refractivity contribution in [1.29, 1.82) is 0 Å². The van der Waals surface area contributed by atoms with Crippen LogP contribution in [-0.4, -0.2) is 35.4 Å². The third-order valence-corrected chi connectivity index (χ3v) is 4.19. The average molecular weight is 287 g/mol. The summed E-state index contributed by atoms with van der Waals surface area (Å²) < 4.78 is 34.5. The molecule has 108 valence electrons. The summed E-state index contributed by atoms with van der Waals surface area (Å²) in [7, 11) is -0.445. The number of sulfone groups is 1. The second kappa shape index (κ2) is 6.25. The fourth-order valence-electron chi connectivity index (χ4n) is 2.14. The lowest BCUT2D eigenvalue weighted by molar-refractivity contribution is 0.383. The van der Waals surface area contributed by atoms with Crippen molar-refractivity contribution in [3.05, 3.63) is 17.7 Å². The highest BCUT2D eigenvalue weighted by Gasteiger charge is 2.26. The number of nitrogens with two attached hydrogens (primary N) is 1. The van der Waals surface area contributed by atoms with Crippen molar-refractivity contribution in [1.82, 2.24) is 0 Å². The van der Waals surface area contributed by atoms with Crippen molar-refractivity contribution < 1.29 is 17.9 Å². The van der Waals surface area contributed by atoms with Gasteiger partial charge in [0.05, 0.1) is 14.2 Å². The van der Waals surface area contributed by atoms with Gasteiger partial charge in [-0.2, -0.15) is 0 Å². The van der Waals surface area contributed by atoms with Gasteiger partial charge in [0, 0.05) is 11.8 Å². The monoisotopic (exact) mass is 287 g/mol. The van der Waals surface area contributed by atoms with E-state index < -0.39 is 9.84 Å². The molecule has 0 heterocycles. The summed E-state index contributed by atoms with van der Waals surface area (Å²) in [6.45, 7) is 2.41. The van der Waals surface area contributed by atoms with E-state index in [2.05, 4.69) is 0 Å². The Bertz CT molecular complexity index is 540. The molecule has 2 N–H and O–H groups in total. The van der Waals surface area contributed by atoms with Crippen LogP contribution in [0.2, 0.25) is 0 Å². The molecule has 1 aromatic carbocycles. The molecule has 0 spiro atoms. The first-order valence-corrected chi connectivity index (χ1v) is 7.91. The van der Waals surface area contributed by atoms with Gasteiger partial charge >= 0.3 is 0 Å². The van der Waals surface area contributed by atoms with E-state index >= 15 is 0 Å². The average Bonchev–Trinajstić information content (AvgIpc) is 2.36. The first kappa shape index (κ1) is 15.8. The molecule has 1 unspecified atom stereocenters. The van der Waals surface area contributed by atoms with E-state index in [9.17, 15) is 8.42 Å². The molecule has 19 heavy (non-hydrogen) atoms. The van der Waals surface area contributed by atoms with Crippen molar-refractivity contribution in [2.24, 2.45) is 5.73 Å². The molecular weight excluding hydrogens is 266 g/mol. The van der Waals surface area contributed by atoms with Crippen molar-refractivity contribution in [2.75, 3.05) is 27.0 Å². The standard InChI is InChI=1S/C13H21NO4S/c1-9(7-8-14)12-10(17-2)5-6-11(18-3)13(12)19(4,15)16/h5-6,9H,7-8,14H2,1-4H3. The molecule has 0 aromatic heterocycles. The van der Waals surface area contributed by atoms with E-state index in [0.29, 0.717) is 30.0 Å². The summed E-state index contributed by atoms with van der Waals surface area (Å²) in [5.74, 6) is 0.851. The highest BCUT2D eigenvalue weighted by Crippen LogP contribution is 2.39. The summed E-state index contributed by atoms with van der Waals surface area (Å²) in [6.07, 6.45) is 1.84. The summed E-state index contributed by atoms with van der Waals surface area (Å²) in [5, 5.41) is 0. The van der Waals surface area contributed by atoms with E-state index in [-0.39, 0.29) is 10.8 Å². The predicted molar refractivity (Wildman–Crippen MR) is 74.7 cm³/mol. The van der Waals surface area contributed by atoms with Gasteiger partial charge in [0.15, 0.2) is 9.84 Å². The van der Waals surface area contributed by atoms with Gasteiger partial charge in [-0.15, -0.1) is 0 Å². The molecule has 0 radical (unpaired) electrons. The maximum absolute atomic E-state index is 12.0. The summed E-state index contributed by atoms with van der Waals surface area (Å²) in [6, 6.07) is 3.32. The Balaban J connectivity index is 3.62. The Hall–Kier alpha value is -1.27. The molecule has 0 aliphatic rings. The fourth-order valence-corrected chi connectivity index (χ4v) is 3.36. The van der Waals surface area contributed by atoms with Crippen LogP contribution in [0.25, 0.3) is 0 Å². The van der Waals surface area contributed by atoms with Crippen molar-refractivity contribution in [3.63, 3.8) is 0 Å². The molecule has 0 amide bonds. The van der Waals surface area contributed by atoms with Crippen molar-refractivity contribution in [3.8, 4) is 11.5 Å². The molecule has 0 bridgehead atoms. The van der Waals surface area contributed by atoms with Gasteiger partial charge in [-0.3, -0.25) is 0 Å². The number of benzene rings is 1.